The highest BCUT2D eigenvalue weighted by Gasteiger charge is 2.49. The van der Waals surface area contributed by atoms with Crippen LogP contribution in [0.5, 0.6) is 0 Å². The van der Waals surface area contributed by atoms with Gasteiger partial charge < -0.3 is 15.0 Å². The first-order valence-electron chi connectivity index (χ1n) is 11.6. The van der Waals surface area contributed by atoms with Crippen LogP contribution in [-0.2, 0) is 25.8 Å². The average molecular weight is 568 g/mol. The molecule has 198 valence electrons. The molecule has 37 heavy (non-hydrogen) atoms. The zero-order valence-electron chi connectivity index (χ0n) is 20.5. The molecular weight excluding hydrogens is 541 g/mol. The summed E-state index contributed by atoms with van der Waals surface area (Å²) in [5.74, 6) is -1.54. The van der Waals surface area contributed by atoms with E-state index in [1.54, 1.807) is 31.7 Å². The zero-order valence-corrected chi connectivity index (χ0v) is 22.9. The van der Waals surface area contributed by atoms with Crippen LogP contribution in [0.1, 0.15) is 26.3 Å². The van der Waals surface area contributed by atoms with E-state index in [0.717, 1.165) is 17.3 Å². The maximum absolute atomic E-state index is 14.3. The number of aliphatic imine (C=N–C) groups is 1. The molecule has 0 bridgehead atoms. The predicted molar refractivity (Wildman–Crippen MR) is 143 cm³/mol. The molecule has 0 aromatic heterocycles. The number of hydrogen-bond donors (Lipinski definition) is 1. The van der Waals surface area contributed by atoms with Crippen LogP contribution in [0.25, 0.3) is 0 Å². The molecule has 0 saturated carbocycles. The maximum atomic E-state index is 14.3. The van der Waals surface area contributed by atoms with Crippen LogP contribution in [0.3, 0.4) is 0 Å². The monoisotopic (exact) mass is 567 g/mol. The van der Waals surface area contributed by atoms with Crippen LogP contribution in [0.2, 0.25) is 5.02 Å². The van der Waals surface area contributed by atoms with E-state index in [2.05, 4.69) is 10.3 Å². The highest BCUT2D eigenvalue weighted by Crippen LogP contribution is 2.41. The van der Waals surface area contributed by atoms with Gasteiger partial charge in [-0.1, -0.05) is 53.7 Å². The summed E-state index contributed by atoms with van der Waals surface area (Å²) >= 11 is 7.00. The van der Waals surface area contributed by atoms with Crippen LogP contribution in [0, 0.1) is 5.82 Å². The standard InChI is InChI=1S/C25H27ClFN3O5S2/c1-25(2,3)35-24(32)28-19(11-15-7-5-4-6-8-15)22(31)29-23-30(16-9-10-17(26)18(27)12-16)20-13-37(33,34)14-21(20)36-23/h4-10,12,19-21H,11,13-14H2,1-3H3,(H,28,32)/t19-,20-,21-/m0/s1. The summed E-state index contributed by atoms with van der Waals surface area (Å²) < 4.78 is 44.3. The van der Waals surface area contributed by atoms with E-state index in [-0.39, 0.29) is 33.4 Å². The number of fused-ring (bicyclic) bond motifs is 1. The van der Waals surface area contributed by atoms with E-state index >= 15 is 0 Å². The number of benzene rings is 2. The van der Waals surface area contributed by atoms with Gasteiger partial charge in [-0.15, -0.1) is 0 Å². The van der Waals surface area contributed by atoms with Crippen molar-refractivity contribution in [3.63, 3.8) is 0 Å². The summed E-state index contributed by atoms with van der Waals surface area (Å²) in [5.41, 5.74) is 0.372. The zero-order chi connectivity index (χ0) is 27.0. The number of alkyl carbamates (subject to hydrolysis) is 1. The molecule has 2 aromatic rings. The maximum Gasteiger partial charge on any atom is 0.408 e. The number of hydrogen-bond acceptors (Lipinski definition) is 6. The number of nitrogens with zero attached hydrogens (tertiary/aromatic N) is 2. The molecule has 1 N–H and O–H groups in total. The van der Waals surface area contributed by atoms with Crippen LogP contribution in [0.15, 0.2) is 53.5 Å². The lowest BCUT2D eigenvalue weighted by atomic mass is 10.1. The van der Waals surface area contributed by atoms with Crippen LogP contribution < -0.4 is 10.2 Å². The Morgan fingerprint density at radius 1 is 1.22 bits per heavy atom. The van der Waals surface area contributed by atoms with E-state index in [0.29, 0.717) is 5.69 Å². The normalized spacial score (nSPS) is 22.5. The first kappa shape index (κ1) is 27.4. The molecule has 12 heteroatoms. The molecule has 0 radical (unpaired) electrons. The minimum atomic E-state index is -3.30. The molecule has 4 rings (SSSR count). The number of carbonyl (C=O) groups is 2. The largest absolute Gasteiger partial charge is 0.444 e. The molecule has 3 atom stereocenters. The fraction of sp³-hybridized carbons (Fsp3) is 0.400. The molecule has 2 aliphatic heterocycles. The predicted octanol–water partition coefficient (Wildman–Crippen LogP) is 4.22. The van der Waals surface area contributed by atoms with Gasteiger partial charge in [-0.3, -0.25) is 4.79 Å². The number of nitrogens with one attached hydrogen (secondary N) is 1. The summed E-state index contributed by atoms with van der Waals surface area (Å²) in [6, 6.07) is 11.7. The number of amidine groups is 1. The second-order valence-corrected chi connectivity index (χ2v) is 13.7. The third-order valence-electron chi connectivity index (χ3n) is 5.73. The Hall–Kier alpha value is -2.63. The van der Waals surface area contributed by atoms with E-state index in [4.69, 9.17) is 16.3 Å². The molecule has 2 fully saturated rings. The van der Waals surface area contributed by atoms with E-state index in [1.165, 1.54) is 12.1 Å². The number of rotatable bonds is 5. The van der Waals surface area contributed by atoms with E-state index in [1.807, 2.05) is 30.3 Å². The minimum absolute atomic E-state index is 0.0777. The third kappa shape index (κ3) is 6.82. The molecule has 0 aliphatic carbocycles. The van der Waals surface area contributed by atoms with Gasteiger partial charge >= 0.3 is 6.09 Å². The highest BCUT2D eigenvalue weighted by molar-refractivity contribution is 8.16. The van der Waals surface area contributed by atoms with Crippen molar-refractivity contribution < 1.29 is 27.1 Å². The van der Waals surface area contributed by atoms with Crippen LogP contribution >= 0.6 is 23.4 Å². The molecule has 2 saturated heterocycles. The molecule has 2 heterocycles. The van der Waals surface area contributed by atoms with Gasteiger partial charge in [-0.05, 0) is 44.5 Å². The summed E-state index contributed by atoms with van der Waals surface area (Å²) in [6.45, 7) is 5.14. The molecule has 8 nitrogen and oxygen atoms in total. The van der Waals surface area contributed by atoms with Gasteiger partial charge in [-0.25, -0.2) is 17.6 Å². The summed E-state index contributed by atoms with van der Waals surface area (Å²) in [7, 11) is -3.30. The van der Waals surface area contributed by atoms with Crippen molar-refractivity contribution in [3.05, 3.63) is 64.9 Å². The molecule has 2 amide bonds. The van der Waals surface area contributed by atoms with Crippen molar-refractivity contribution in [1.29, 1.82) is 0 Å². The fourth-order valence-electron chi connectivity index (χ4n) is 4.17. The smallest absolute Gasteiger partial charge is 0.408 e. The summed E-state index contributed by atoms with van der Waals surface area (Å²) in [6.07, 6.45) is -0.599. The second kappa shape index (κ2) is 10.6. The Bertz CT molecular complexity index is 1330. The van der Waals surface area contributed by atoms with Crippen molar-refractivity contribution in [2.24, 2.45) is 4.99 Å². The Morgan fingerprint density at radius 3 is 2.57 bits per heavy atom. The number of carbonyl (C=O) groups excluding carboxylic acids is 2. The van der Waals surface area contributed by atoms with Crippen LogP contribution in [-0.4, -0.2) is 60.0 Å². The van der Waals surface area contributed by atoms with Crippen molar-refractivity contribution in [1.82, 2.24) is 5.32 Å². The fourth-order valence-corrected chi connectivity index (χ4v) is 8.21. The molecule has 2 aliphatic rings. The number of anilines is 1. The Kier molecular flexibility index (Phi) is 7.87. The second-order valence-electron chi connectivity index (χ2n) is 9.89. The Morgan fingerprint density at radius 2 is 1.92 bits per heavy atom. The summed E-state index contributed by atoms with van der Waals surface area (Å²) in [4.78, 5) is 31.8. The lowest BCUT2D eigenvalue weighted by Gasteiger charge is -2.25. The number of halogens is 2. The van der Waals surface area contributed by atoms with Crippen LogP contribution in [0.4, 0.5) is 14.9 Å². The van der Waals surface area contributed by atoms with E-state index < -0.39 is 45.3 Å². The summed E-state index contributed by atoms with van der Waals surface area (Å²) in [5, 5.41) is 2.40. The average Bonchev–Trinajstić information content (AvgIpc) is 3.25. The topological polar surface area (TPSA) is 105 Å². The van der Waals surface area contributed by atoms with Crippen molar-refractivity contribution in [2.45, 2.75) is 50.1 Å². The van der Waals surface area contributed by atoms with Gasteiger partial charge in [0.05, 0.1) is 22.6 Å². The van der Waals surface area contributed by atoms with Gasteiger partial charge in [0.1, 0.15) is 17.5 Å². The lowest BCUT2D eigenvalue weighted by Crippen LogP contribution is -2.45. The molecule has 0 unspecified atom stereocenters. The quantitative estimate of drug-likeness (QED) is 0.577. The molecular formula is C25H27ClFN3O5S2. The number of amides is 2. The Labute approximate surface area is 224 Å². The van der Waals surface area contributed by atoms with Gasteiger partial charge in [0.25, 0.3) is 5.91 Å². The van der Waals surface area contributed by atoms with Crippen molar-refractivity contribution >= 4 is 56.1 Å². The number of ether oxygens (including phenoxy) is 1. The minimum Gasteiger partial charge on any atom is -0.444 e. The third-order valence-corrected chi connectivity index (χ3v) is 9.24. The Balaban J connectivity index is 1.66. The van der Waals surface area contributed by atoms with E-state index in [9.17, 15) is 22.4 Å². The van der Waals surface area contributed by atoms with Crippen molar-refractivity contribution in [3.8, 4) is 0 Å². The first-order valence-corrected chi connectivity index (χ1v) is 14.7. The first-order chi connectivity index (χ1) is 17.3. The number of sulfone groups is 1. The number of thioether (sulfide) groups is 1. The molecule has 2 aromatic carbocycles. The lowest BCUT2D eigenvalue weighted by molar-refractivity contribution is -0.119. The van der Waals surface area contributed by atoms with Gasteiger partial charge in [0.15, 0.2) is 15.0 Å². The highest BCUT2D eigenvalue weighted by atomic mass is 35.5. The van der Waals surface area contributed by atoms with Gasteiger partial charge in [-0.2, -0.15) is 4.99 Å². The van der Waals surface area contributed by atoms with Crippen molar-refractivity contribution in [2.75, 3.05) is 16.4 Å². The van der Waals surface area contributed by atoms with Gasteiger partial charge in [0, 0.05) is 17.4 Å². The molecule has 0 spiro atoms. The SMILES string of the molecule is CC(C)(C)OC(=O)N[C@@H](Cc1ccccc1)C(=O)N=C1S[C@H]2CS(=O)(=O)C[C@@H]2N1c1ccc(Cl)c(F)c1. The van der Waals surface area contributed by atoms with Gasteiger partial charge in [0.2, 0.25) is 0 Å².